The summed E-state index contributed by atoms with van der Waals surface area (Å²) >= 11 is 0. The number of nitrogens with one attached hydrogen (secondary N) is 1. The zero-order valence-corrected chi connectivity index (χ0v) is 11.8. The van der Waals surface area contributed by atoms with E-state index in [4.69, 9.17) is 0 Å². The molecule has 0 radical (unpaired) electrons. The van der Waals surface area contributed by atoms with Crippen molar-refractivity contribution < 1.29 is 0 Å². The lowest BCUT2D eigenvalue weighted by molar-refractivity contribution is 0.438. The van der Waals surface area contributed by atoms with Gasteiger partial charge in [0, 0.05) is 6.04 Å². The van der Waals surface area contributed by atoms with Crippen molar-refractivity contribution in [3.05, 3.63) is 35.4 Å². The molecule has 1 nitrogen and oxygen atoms in total. The van der Waals surface area contributed by atoms with Gasteiger partial charge in [0.25, 0.3) is 0 Å². The van der Waals surface area contributed by atoms with E-state index < -0.39 is 0 Å². The molecule has 17 heavy (non-hydrogen) atoms. The predicted molar refractivity (Wildman–Crippen MR) is 76.3 cm³/mol. The van der Waals surface area contributed by atoms with Gasteiger partial charge in [0.05, 0.1) is 0 Å². The van der Waals surface area contributed by atoms with Crippen LogP contribution in [0.4, 0.5) is 0 Å². The molecule has 0 fully saturated rings. The average Bonchev–Trinajstić information content (AvgIpc) is 2.29. The normalized spacial score (nSPS) is 13.0. The highest BCUT2D eigenvalue weighted by molar-refractivity contribution is 5.25. The van der Waals surface area contributed by atoms with Crippen LogP contribution in [0, 0.1) is 5.92 Å². The van der Waals surface area contributed by atoms with Crippen LogP contribution in [0.2, 0.25) is 0 Å². The molecule has 1 aromatic carbocycles. The van der Waals surface area contributed by atoms with Crippen LogP contribution in [0.1, 0.15) is 57.7 Å². The van der Waals surface area contributed by atoms with Gasteiger partial charge in [0.1, 0.15) is 0 Å². The van der Waals surface area contributed by atoms with Crippen molar-refractivity contribution in [3.8, 4) is 0 Å². The van der Waals surface area contributed by atoms with Crippen LogP contribution in [0.25, 0.3) is 0 Å². The Hall–Kier alpha value is -0.820. The van der Waals surface area contributed by atoms with E-state index in [1.807, 2.05) is 0 Å². The standard InChI is InChI=1S/C16H27N/c1-5-7-14-8-10-15(11-9-14)16(17-6-2)12-13(3)4/h8-11,13,16-17H,5-7,12H2,1-4H3. The van der Waals surface area contributed by atoms with E-state index in [1.165, 1.54) is 30.4 Å². The molecule has 0 saturated heterocycles. The molecule has 0 amide bonds. The lowest BCUT2D eigenvalue weighted by Gasteiger charge is -2.20. The molecule has 0 spiro atoms. The summed E-state index contributed by atoms with van der Waals surface area (Å²) in [6.07, 6.45) is 3.62. The van der Waals surface area contributed by atoms with Gasteiger partial charge in [-0.2, -0.15) is 0 Å². The van der Waals surface area contributed by atoms with Crippen molar-refractivity contribution >= 4 is 0 Å². The second kappa shape index (κ2) is 7.50. The van der Waals surface area contributed by atoms with Gasteiger partial charge in [-0.3, -0.25) is 0 Å². The van der Waals surface area contributed by atoms with Gasteiger partial charge in [-0.15, -0.1) is 0 Å². The Bertz CT molecular complexity index is 300. The van der Waals surface area contributed by atoms with E-state index in [-0.39, 0.29) is 0 Å². The zero-order valence-electron chi connectivity index (χ0n) is 11.8. The molecule has 0 bridgehead atoms. The van der Waals surface area contributed by atoms with Crippen LogP contribution in [0.15, 0.2) is 24.3 Å². The third-order valence-electron chi connectivity index (χ3n) is 3.08. The zero-order chi connectivity index (χ0) is 12.7. The van der Waals surface area contributed by atoms with Crippen molar-refractivity contribution in [3.63, 3.8) is 0 Å². The molecular weight excluding hydrogens is 206 g/mol. The highest BCUT2D eigenvalue weighted by Gasteiger charge is 2.11. The fourth-order valence-electron chi connectivity index (χ4n) is 2.26. The second-order valence-corrected chi connectivity index (χ2v) is 5.23. The van der Waals surface area contributed by atoms with E-state index in [1.54, 1.807) is 0 Å². The topological polar surface area (TPSA) is 12.0 Å². The Labute approximate surface area is 107 Å². The van der Waals surface area contributed by atoms with Gasteiger partial charge >= 0.3 is 0 Å². The molecule has 96 valence electrons. The lowest BCUT2D eigenvalue weighted by atomic mass is 9.95. The van der Waals surface area contributed by atoms with E-state index in [0.29, 0.717) is 6.04 Å². The first-order chi connectivity index (χ1) is 8.17. The summed E-state index contributed by atoms with van der Waals surface area (Å²) in [4.78, 5) is 0. The summed E-state index contributed by atoms with van der Waals surface area (Å²) < 4.78 is 0. The average molecular weight is 233 g/mol. The number of benzene rings is 1. The molecule has 1 aromatic rings. The second-order valence-electron chi connectivity index (χ2n) is 5.23. The number of aryl methyl sites for hydroxylation is 1. The van der Waals surface area contributed by atoms with Crippen molar-refractivity contribution in [1.82, 2.24) is 5.32 Å². The van der Waals surface area contributed by atoms with Crippen molar-refractivity contribution in [1.29, 1.82) is 0 Å². The number of hydrogen-bond donors (Lipinski definition) is 1. The Balaban J connectivity index is 2.72. The smallest absolute Gasteiger partial charge is 0.0322 e. The molecule has 0 aliphatic heterocycles. The monoisotopic (exact) mass is 233 g/mol. The Kier molecular flexibility index (Phi) is 6.28. The van der Waals surface area contributed by atoms with Gasteiger partial charge in [0.2, 0.25) is 0 Å². The van der Waals surface area contributed by atoms with Crippen LogP contribution < -0.4 is 5.32 Å². The number of rotatable bonds is 7. The van der Waals surface area contributed by atoms with Gasteiger partial charge in [-0.25, -0.2) is 0 Å². The van der Waals surface area contributed by atoms with Crippen molar-refractivity contribution in [2.75, 3.05) is 6.54 Å². The Morgan fingerprint density at radius 3 is 2.18 bits per heavy atom. The van der Waals surface area contributed by atoms with Crippen LogP contribution in [0.5, 0.6) is 0 Å². The Morgan fingerprint density at radius 1 is 1.06 bits per heavy atom. The van der Waals surface area contributed by atoms with Crippen LogP contribution in [0.3, 0.4) is 0 Å². The molecule has 0 saturated carbocycles. The Morgan fingerprint density at radius 2 is 1.71 bits per heavy atom. The molecule has 0 aliphatic carbocycles. The molecule has 1 N–H and O–H groups in total. The van der Waals surface area contributed by atoms with E-state index >= 15 is 0 Å². The minimum Gasteiger partial charge on any atom is -0.310 e. The molecule has 1 rings (SSSR count). The van der Waals surface area contributed by atoms with Gasteiger partial charge < -0.3 is 5.32 Å². The van der Waals surface area contributed by atoms with Gasteiger partial charge in [-0.05, 0) is 36.4 Å². The first kappa shape index (κ1) is 14.2. The lowest BCUT2D eigenvalue weighted by Crippen LogP contribution is -2.22. The molecule has 0 aromatic heterocycles. The highest BCUT2D eigenvalue weighted by atomic mass is 14.9. The van der Waals surface area contributed by atoms with Crippen molar-refractivity contribution in [2.24, 2.45) is 5.92 Å². The van der Waals surface area contributed by atoms with Crippen LogP contribution >= 0.6 is 0 Å². The third-order valence-corrected chi connectivity index (χ3v) is 3.08. The highest BCUT2D eigenvalue weighted by Crippen LogP contribution is 2.21. The summed E-state index contributed by atoms with van der Waals surface area (Å²) in [7, 11) is 0. The van der Waals surface area contributed by atoms with Gasteiger partial charge in [-0.1, -0.05) is 58.4 Å². The first-order valence-electron chi connectivity index (χ1n) is 6.99. The largest absolute Gasteiger partial charge is 0.310 e. The summed E-state index contributed by atoms with van der Waals surface area (Å²) in [5.74, 6) is 0.731. The third kappa shape index (κ3) is 4.91. The summed E-state index contributed by atoms with van der Waals surface area (Å²) in [6, 6.07) is 9.66. The summed E-state index contributed by atoms with van der Waals surface area (Å²) in [6.45, 7) is 10.0. The maximum atomic E-state index is 3.58. The minimum absolute atomic E-state index is 0.510. The molecule has 0 aliphatic rings. The number of hydrogen-bond acceptors (Lipinski definition) is 1. The fourth-order valence-corrected chi connectivity index (χ4v) is 2.26. The summed E-state index contributed by atoms with van der Waals surface area (Å²) in [5, 5.41) is 3.58. The maximum Gasteiger partial charge on any atom is 0.0322 e. The molecule has 1 atom stereocenters. The first-order valence-corrected chi connectivity index (χ1v) is 6.99. The van der Waals surface area contributed by atoms with Crippen LogP contribution in [-0.2, 0) is 6.42 Å². The molecule has 1 heteroatoms. The van der Waals surface area contributed by atoms with E-state index in [9.17, 15) is 0 Å². The molecular formula is C16H27N. The molecule has 0 heterocycles. The predicted octanol–water partition coefficient (Wildman–Crippen LogP) is 4.34. The van der Waals surface area contributed by atoms with Crippen LogP contribution in [-0.4, -0.2) is 6.54 Å². The SMILES string of the molecule is CCCc1ccc(C(CC(C)C)NCC)cc1. The fraction of sp³-hybridized carbons (Fsp3) is 0.625. The van der Waals surface area contributed by atoms with Gasteiger partial charge in [0.15, 0.2) is 0 Å². The molecule has 1 unspecified atom stereocenters. The van der Waals surface area contributed by atoms with Crippen molar-refractivity contribution in [2.45, 2.75) is 53.0 Å². The minimum atomic E-state index is 0.510. The maximum absolute atomic E-state index is 3.58. The summed E-state index contributed by atoms with van der Waals surface area (Å²) in [5.41, 5.74) is 2.89. The van der Waals surface area contributed by atoms with E-state index in [2.05, 4.69) is 57.3 Å². The quantitative estimate of drug-likeness (QED) is 0.739. The van der Waals surface area contributed by atoms with E-state index in [0.717, 1.165) is 12.5 Å².